The first-order chi connectivity index (χ1) is 19.8. The van der Waals surface area contributed by atoms with Gasteiger partial charge in [0.15, 0.2) is 5.65 Å². The Morgan fingerprint density at radius 1 is 1.07 bits per heavy atom. The molecule has 2 fully saturated rings. The van der Waals surface area contributed by atoms with E-state index in [9.17, 15) is 31.5 Å². The molecule has 2 saturated carbocycles. The molecular formula is C28H34F5N7O2. The molecule has 3 aromatic heterocycles. The number of imidazole rings is 1. The number of hydrogen-bond acceptors (Lipinski definition) is 5. The summed E-state index contributed by atoms with van der Waals surface area (Å²) in [5.41, 5.74) is 1.79. The van der Waals surface area contributed by atoms with Crippen molar-refractivity contribution in [3.05, 3.63) is 47.7 Å². The molecule has 0 aliphatic heterocycles. The minimum atomic E-state index is -4.47. The van der Waals surface area contributed by atoms with E-state index in [1.807, 2.05) is 0 Å². The molecular weight excluding hydrogens is 561 g/mol. The van der Waals surface area contributed by atoms with Crippen molar-refractivity contribution < 1.29 is 31.5 Å². The largest absolute Gasteiger partial charge is 0.392 e. The van der Waals surface area contributed by atoms with Crippen LogP contribution in [-0.4, -0.2) is 48.3 Å². The van der Waals surface area contributed by atoms with Gasteiger partial charge in [0.05, 0.1) is 36.1 Å². The number of aromatic nitrogens is 5. The highest BCUT2D eigenvalue weighted by Crippen LogP contribution is 2.42. The van der Waals surface area contributed by atoms with Crippen LogP contribution in [0.3, 0.4) is 0 Å². The van der Waals surface area contributed by atoms with Crippen LogP contribution in [-0.2, 0) is 11.8 Å². The summed E-state index contributed by atoms with van der Waals surface area (Å²) in [6, 6.07) is 2.09. The molecule has 42 heavy (non-hydrogen) atoms. The van der Waals surface area contributed by atoms with Crippen LogP contribution in [0.1, 0.15) is 92.1 Å². The Bertz CT molecular complexity index is 1420. The molecule has 228 valence electrons. The van der Waals surface area contributed by atoms with E-state index in [-0.39, 0.29) is 37.5 Å². The third-order valence-electron chi connectivity index (χ3n) is 8.60. The van der Waals surface area contributed by atoms with Gasteiger partial charge in [-0.3, -0.25) is 14.3 Å². The summed E-state index contributed by atoms with van der Waals surface area (Å²) >= 11 is 0. The number of nitrogens with one attached hydrogen (secondary N) is 2. The van der Waals surface area contributed by atoms with Crippen LogP contribution < -0.4 is 10.6 Å². The number of aryl methyl sites for hydroxylation is 1. The summed E-state index contributed by atoms with van der Waals surface area (Å²) in [6.45, 7) is 0.981. The Labute approximate surface area is 239 Å². The van der Waals surface area contributed by atoms with Gasteiger partial charge in [0, 0.05) is 32.5 Å². The molecule has 0 saturated heterocycles. The molecule has 2 aliphatic carbocycles. The third-order valence-corrected chi connectivity index (χ3v) is 8.60. The fourth-order valence-electron chi connectivity index (χ4n) is 5.74. The Balaban J connectivity index is 1.41. The number of hydrogen-bond donors (Lipinski definition) is 2. The number of amides is 2. The van der Waals surface area contributed by atoms with Crippen molar-refractivity contribution in [2.45, 2.75) is 82.5 Å². The van der Waals surface area contributed by atoms with Crippen molar-refractivity contribution in [1.29, 1.82) is 0 Å². The predicted molar refractivity (Wildman–Crippen MR) is 141 cm³/mol. The van der Waals surface area contributed by atoms with Gasteiger partial charge < -0.3 is 10.6 Å². The third kappa shape index (κ3) is 6.57. The highest BCUT2D eigenvalue weighted by atomic mass is 19.4. The smallest absolute Gasteiger partial charge is 0.349 e. The van der Waals surface area contributed by atoms with Crippen LogP contribution in [0, 0.1) is 17.8 Å². The highest BCUT2D eigenvalue weighted by molar-refractivity contribution is 5.92. The number of nitrogens with zero attached hydrogens (tertiary/aromatic N) is 5. The van der Waals surface area contributed by atoms with Crippen LogP contribution >= 0.6 is 0 Å². The second kappa shape index (κ2) is 11.6. The van der Waals surface area contributed by atoms with E-state index in [0.29, 0.717) is 22.6 Å². The molecule has 5 rings (SSSR count). The highest BCUT2D eigenvalue weighted by Gasteiger charge is 2.40. The fraction of sp³-hybridized carbons (Fsp3) is 0.607. The molecule has 3 aromatic rings. The minimum Gasteiger partial charge on any atom is -0.349 e. The fourth-order valence-corrected chi connectivity index (χ4v) is 5.74. The molecule has 9 nitrogen and oxygen atoms in total. The second-order valence-corrected chi connectivity index (χ2v) is 11.6. The number of carbonyl (C=O) groups is 2. The lowest BCUT2D eigenvalue weighted by Gasteiger charge is -2.34. The molecule has 3 atom stereocenters. The molecule has 0 bridgehead atoms. The molecule has 3 heterocycles. The van der Waals surface area contributed by atoms with E-state index in [1.165, 1.54) is 15.4 Å². The number of carbonyl (C=O) groups excluding carboxylic acids is 2. The molecule has 0 aromatic carbocycles. The zero-order valence-electron chi connectivity index (χ0n) is 23.4. The van der Waals surface area contributed by atoms with E-state index < -0.39 is 48.3 Å². The van der Waals surface area contributed by atoms with Gasteiger partial charge in [-0.1, -0.05) is 13.3 Å². The SMILES string of the molecule is C[C@H](CC(=O)N[C@@H](c1cnn2cc([C@@H](NC(=O)c3ccnn3C)C3CCC(F)(F)CC3)nc2c1)C1CCC1)C(F)(F)F. The second-order valence-electron chi connectivity index (χ2n) is 11.6. The first-order valence-electron chi connectivity index (χ1n) is 14.2. The average Bonchev–Trinajstić information content (AvgIpc) is 3.51. The lowest BCUT2D eigenvalue weighted by Crippen LogP contribution is -2.38. The van der Waals surface area contributed by atoms with Crippen molar-refractivity contribution in [1.82, 2.24) is 35.0 Å². The summed E-state index contributed by atoms with van der Waals surface area (Å²) in [5, 5.41) is 14.2. The number of fused-ring (bicyclic) bond motifs is 1. The quantitative estimate of drug-likeness (QED) is 0.327. The first-order valence-corrected chi connectivity index (χ1v) is 14.2. The molecule has 14 heteroatoms. The maximum Gasteiger partial charge on any atom is 0.392 e. The monoisotopic (exact) mass is 595 g/mol. The topological polar surface area (TPSA) is 106 Å². The molecule has 0 radical (unpaired) electrons. The number of alkyl halides is 5. The molecule has 2 N–H and O–H groups in total. The van der Waals surface area contributed by atoms with E-state index in [4.69, 9.17) is 4.98 Å². The van der Waals surface area contributed by atoms with Crippen LogP contribution in [0.15, 0.2) is 30.7 Å². The van der Waals surface area contributed by atoms with Gasteiger partial charge in [0.2, 0.25) is 11.8 Å². The Morgan fingerprint density at radius 2 is 1.76 bits per heavy atom. The molecule has 2 aliphatic rings. The van der Waals surface area contributed by atoms with Gasteiger partial charge in [-0.05, 0) is 55.2 Å². The van der Waals surface area contributed by atoms with Gasteiger partial charge in [-0.2, -0.15) is 23.4 Å². The predicted octanol–water partition coefficient (Wildman–Crippen LogP) is 5.31. The summed E-state index contributed by atoms with van der Waals surface area (Å²) in [4.78, 5) is 30.4. The Hall–Kier alpha value is -3.58. The van der Waals surface area contributed by atoms with Crippen molar-refractivity contribution in [3.63, 3.8) is 0 Å². The summed E-state index contributed by atoms with van der Waals surface area (Å²) in [7, 11) is 1.63. The normalized spacial score (nSPS) is 20.1. The maximum absolute atomic E-state index is 14.0. The Kier molecular flexibility index (Phi) is 8.26. The van der Waals surface area contributed by atoms with Crippen molar-refractivity contribution in [2.24, 2.45) is 24.8 Å². The van der Waals surface area contributed by atoms with Crippen LogP contribution in [0.5, 0.6) is 0 Å². The Morgan fingerprint density at radius 3 is 2.36 bits per heavy atom. The standard InChI is InChI=1S/C28H34F5N7O2/c1-16(28(31,32)33)12-23(41)37-24(17-4-3-5-17)19-13-22-36-20(15-40(22)35-14-19)25(18-6-9-27(29,30)10-7-18)38-26(42)21-8-11-34-39(21)2/h8,11,13-18,24-25H,3-7,9-10,12H2,1-2H3,(H,37,41)(H,38,42)/t16-,24-,25+/m1/s1. The molecule has 2 amide bonds. The van der Waals surface area contributed by atoms with Crippen LogP contribution in [0.25, 0.3) is 5.65 Å². The van der Waals surface area contributed by atoms with Gasteiger partial charge in [0.1, 0.15) is 5.69 Å². The van der Waals surface area contributed by atoms with E-state index in [1.54, 1.807) is 31.6 Å². The van der Waals surface area contributed by atoms with Gasteiger partial charge in [0.25, 0.3) is 5.91 Å². The van der Waals surface area contributed by atoms with Gasteiger partial charge >= 0.3 is 6.18 Å². The molecule has 0 spiro atoms. The van der Waals surface area contributed by atoms with Crippen molar-refractivity contribution in [2.75, 3.05) is 0 Å². The van der Waals surface area contributed by atoms with Gasteiger partial charge in [-0.15, -0.1) is 0 Å². The lowest BCUT2D eigenvalue weighted by molar-refractivity contribution is -0.174. The van der Waals surface area contributed by atoms with E-state index in [0.717, 1.165) is 26.2 Å². The molecule has 0 unspecified atom stereocenters. The summed E-state index contributed by atoms with van der Waals surface area (Å²) in [5.74, 6) is -5.85. The van der Waals surface area contributed by atoms with Crippen LogP contribution in [0.4, 0.5) is 22.0 Å². The van der Waals surface area contributed by atoms with Crippen LogP contribution in [0.2, 0.25) is 0 Å². The van der Waals surface area contributed by atoms with Gasteiger partial charge in [-0.25, -0.2) is 18.3 Å². The first kappa shape index (κ1) is 29.9. The lowest BCUT2D eigenvalue weighted by atomic mass is 9.77. The van der Waals surface area contributed by atoms with Crippen molar-refractivity contribution >= 4 is 17.5 Å². The zero-order valence-corrected chi connectivity index (χ0v) is 23.4. The maximum atomic E-state index is 14.0. The number of halogens is 5. The summed E-state index contributed by atoms with van der Waals surface area (Å²) in [6.07, 6.45) is 1.95. The van der Waals surface area contributed by atoms with Crippen molar-refractivity contribution in [3.8, 4) is 0 Å². The minimum absolute atomic E-state index is 0.0589. The number of rotatable bonds is 9. The zero-order chi connectivity index (χ0) is 30.2. The average molecular weight is 596 g/mol. The summed E-state index contributed by atoms with van der Waals surface area (Å²) < 4.78 is 70.0. The van der Waals surface area contributed by atoms with E-state index >= 15 is 0 Å². The van der Waals surface area contributed by atoms with E-state index in [2.05, 4.69) is 20.8 Å².